The standard InChI is InChI=1S/C16H18BrNO5/c17-10-1-2-13-11(7-10)12(8-23-13)14(19)18-9-16(15(20)21)3-5-22-6-4-16/h1-2,7,12H,3-6,8-9H2,(H,18,19)(H,20,21). The number of hydrogen-bond donors (Lipinski definition) is 2. The van der Waals surface area contributed by atoms with Gasteiger partial charge >= 0.3 is 5.97 Å². The third kappa shape index (κ3) is 3.21. The van der Waals surface area contributed by atoms with Crippen molar-refractivity contribution in [3.63, 3.8) is 0 Å². The maximum atomic E-state index is 12.5. The molecule has 0 aromatic heterocycles. The summed E-state index contributed by atoms with van der Waals surface area (Å²) in [5.74, 6) is -0.790. The van der Waals surface area contributed by atoms with Gasteiger partial charge in [-0.2, -0.15) is 0 Å². The van der Waals surface area contributed by atoms with Crippen molar-refractivity contribution in [1.82, 2.24) is 5.32 Å². The molecule has 0 radical (unpaired) electrons. The monoisotopic (exact) mass is 383 g/mol. The molecule has 3 rings (SSSR count). The van der Waals surface area contributed by atoms with Gasteiger partial charge in [-0.3, -0.25) is 9.59 Å². The molecule has 1 saturated heterocycles. The van der Waals surface area contributed by atoms with E-state index in [0.29, 0.717) is 31.8 Å². The second kappa shape index (κ2) is 6.49. The van der Waals surface area contributed by atoms with E-state index in [4.69, 9.17) is 9.47 Å². The lowest BCUT2D eigenvalue weighted by Crippen LogP contribution is -2.47. The van der Waals surface area contributed by atoms with E-state index in [1.807, 2.05) is 18.2 Å². The fraction of sp³-hybridized carbons (Fsp3) is 0.500. The number of hydrogen-bond acceptors (Lipinski definition) is 4. The van der Waals surface area contributed by atoms with Crippen LogP contribution in [-0.2, 0) is 14.3 Å². The maximum absolute atomic E-state index is 12.5. The number of rotatable bonds is 4. The van der Waals surface area contributed by atoms with Gasteiger partial charge in [0, 0.05) is 29.8 Å². The SMILES string of the molecule is O=C(NCC1(C(=O)O)CCOCC1)C1COc2ccc(Br)cc21. The molecule has 0 bridgehead atoms. The van der Waals surface area contributed by atoms with Gasteiger partial charge in [-0.25, -0.2) is 0 Å². The zero-order valence-electron chi connectivity index (χ0n) is 12.5. The van der Waals surface area contributed by atoms with Gasteiger partial charge in [0.1, 0.15) is 18.3 Å². The molecule has 2 N–H and O–H groups in total. The van der Waals surface area contributed by atoms with Crippen LogP contribution in [0.4, 0.5) is 0 Å². The zero-order chi connectivity index (χ0) is 16.4. The van der Waals surface area contributed by atoms with E-state index in [-0.39, 0.29) is 19.1 Å². The van der Waals surface area contributed by atoms with E-state index in [1.165, 1.54) is 0 Å². The van der Waals surface area contributed by atoms with E-state index >= 15 is 0 Å². The minimum Gasteiger partial charge on any atom is -0.492 e. The minimum atomic E-state index is -0.937. The summed E-state index contributed by atoms with van der Waals surface area (Å²) < 4.78 is 11.7. The van der Waals surface area contributed by atoms with Crippen molar-refractivity contribution in [3.05, 3.63) is 28.2 Å². The van der Waals surface area contributed by atoms with Gasteiger partial charge in [0.2, 0.25) is 5.91 Å². The Bertz CT molecular complexity index is 627. The molecule has 1 aromatic carbocycles. The summed E-state index contributed by atoms with van der Waals surface area (Å²) in [7, 11) is 0. The Labute approximate surface area is 142 Å². The summed E-state index contributed by atoms with van der Waals surface area (Å²) in [5.41, 5.74) is -0.110. The van der Waals surface area contributed by atoms with E-state index in [2.05, 4.69) is 21.2 Å². The molecule has 1 unspecified atom stereocenters. The Kier molecular flexibility index (Phi) is 4.59. The zero-order valence-corrected chi connectivity index (χ0v) is 14.1. The lowest BCUT2D eigenvalue weighted by molar-refractivity contribution is -0.154. The van der Waals surface area contributed by atoms with Gasteiger partial charge in [0.05, 0.1) is 5.41 Å². The van der Waals surface area contributed by atoms with Gasteiger partial charge in [-0.05, 0) is 31.0 Å². The molecule has 2 aliphatic heterocycles. The van der Waals surface area contributed by atoms with Crippen molar-refractivity contribution < 1.29 is 24.2 Å². The van der Waals surface area contributed by atoms with Crippen LogP contribution in [-0.4, -0.2) is 43.3 Å². The average molecular weight is 384 g/mol. The van der Waals surface area contributed by atoms with Crippen LogP contribution >= 0.6 is 15.9 Å². The summed E-state index contributed by atoms with van der Waals surface area (Å²) in [6.07, 6.45) is 0.817. The minimum absolute atomic E-state index is 0.115. The van der Waals surface area contributed by atoms with Crippen molar-refractivity contribution in [3.8, 4) is 5.75 Å². The number of fused-ring (bicyclic) bond motifs is 1. The maximum Gasteiger partial charge on any atom is 0.311 e. The number of carbonyl (C=O) groups excluding carboxylic acids is 1. The third-order valence-electron chi connectivity index (χ3n) is 4.57. The average Bonchev–Trinajstić information content (AvgIpc) is 2.96. The predicted molar refractivity (Wildman–Crippen MR) is 85.5 cm³/mol. The second-order valence-corrected chi connectivity index (χ2v) is 6.88. The van der Waals surface area contributed by atoms with Crippen molar-refractivity contribution in [2.24, 2.45) is 5.41 Å². The van der Waals surface area contributed by atoms with Crippen LogP contribution in [0.2, 0.25) is 0 Å². The first-order valence-electron chi connectivity index (χ1n) is 7.53. The Balaban J connectivity index is 1.69. The van der Waals surface area contributed by atoms with Crippen molar-refractivity contribution in [1.29, 1.82) is 0 Å². The molecule has 2 aliphatic rings. The van der Waals surface area contributed by atoms with Crippen LogP contribution in [0.15, 0.2) is 22.7 Å². The number of carboxylic acid groups (broad SMARTS) is 1. The summed E-state index contributed by atoms with van der Waals surface area (Å²) in [6.45, 7) is 1.21. The Morgan fingerprint density at radius 2 is 2.09 bits per heavy atom. The van der Waals surface area contributed by atoms with Crippen LogP contribution in [0.3, 0.4) is 0 Å². The number of carbonyl (C=O) groups is 2. The van der Waals surface area contributed by atoms with Crippen LogP contribution in [0.25, 0.3) is 0 Å². The quantitative estimate of drug-likeness (QED) is 0.829. The van der Waals surface area contributed by atoms with Gasteiger partial charge in [0.25, 0.3) is 0 Å². The number of nitrogens with one attached hydrogen (secondary N) is 1. The molecule has 0 aliphatic carbocycles. The molecule has 2 heterocycles. The summed E-state index contributed by atoms with van der Waals surface area (Å²) in [6, 6.07) is 5.55. The molecule has 7 heteroatoms. The van der Waals surface area contributed by atoms with Crippen molar-refractivity contribution in [2.45, 2.75) is 18.8 Å². The highest BCUT2D eigenvalue weighted by Crippen LogP contribution is 2.36. The summed E-state index contributed by atoms with van der Waals surface area (Å²) in [5, 5.41) is 12.3. The Hall–Kier alpha value is -1.60. The smallest absolute Gasteiger partial charge is 0.311 e. The highest BCUT2D eigenvalue weighted by molar-refractivity contribution is 9.10. The predicted octanol–water partition coefficient (Wildman–Crippen LogP) is 1.92. The van der Waals surface area contributed by atoms with E-state index in [9.17, 15) is 14.7 Å². The second-order valence-electron chi connectivity index (χ2n) is 5.96. The number of halogens is 1. The van der Waals surface area contributed by atoms with Gasteiger partial charge in [0.15, 0.2) is 0 Å². The highest BCUT2D eigenvalue weighted by Gasteiger charge is 2.41. The van der Waals surface area contributed by atoms with Crippen LogP contribution in [0.5, 0.6) is 5.75 Å². The number of amides is 1. The van der Waals surface area contributed by atoms with E-state index in [0.717, 1.165) is 10.0 Å². The molecule has 1 fully saturated rings. The van der Waals surface area contributed by atoms with E-state index < -0.39 is 17.3 Å². The number of benzene rings is 1. The molecule has 1 atom stereocenters. The fourth-order valence-corrected chi connectivity index (χ4v) is 3.39. The van der Waals surface area contributed by atoms with Gasteiger partial charge < -0.3 is 19.9 Å². The molecule has 1 amide bonds. The molecule has 0 saturated carbocycles. The molecular weight excluding hydrogens is 366 g/mol. The van der Waals surface area contributed by atoms with Gasteiger partial charge in [-0.15, -0.1) is 0 Å². The number of ether oxygens (including phenoxy) is 2. The molecule has 6 nitrogen and oxygen atoms in total. The first kappa shape index (κ1) is 16.3. The molecule has 1 aromatic rings. The van der Waals surface area contributed by atoms with Crippen molar-refractivity contribution >= 4 is 27.8 Å². The first-order valence-corrected chi connectivity index (χ1v) is 8.32. The largest absolute Gasteiger partial charge is 0.492 e. The van der Waals surface area contributed by atoms with Gasteiger partial charge in [-0.1, -0.05) is 15.9 Å². The summed E-state index contributed by atoms with van der Waals surface area (Å²) in [4.78, 5) is 24.1. The topological polar surface area (TPSA) is 84.9 Å². The lowest BCUT2D eigenvalue weighted by atomic mass is 9.80. The molecular formula is C16H18BrNO5. The summed E-state index contributed by atoms with van der Waals surface area (Å²) >= 11 is 3.39. The normalized spacial score (nSPS) is 22.0. The molecule has 23 heavy (non-hydrogen) atoms. The molecule has 124 valence electrons. The lowest BCUT2D eigenvalue weighted by Gasteiger charge is -2.33. The Morgan fingerprint density at radius 3 is 2.78 bits per heavy atom. The van der Waals surface area contributed by atoms with Crippen LogP contribution in [0.1, 0.15) is 24.3 Å². The molecule has 0 spiro atoms. The van der Waals surface area contributed by atoms with E-state index in [1.54, 1.807) is 0 Å². The Morgan fingerprint density at radius 1 is 1.35 bits per heavy atom. The van der Waals surface area contributed by atoms with Crippen molar-refractivity contribution in [2.75, 3.05) is 26.4 Å². The first-order chi connectivity index (χ1) is 11.0. The fourth-order valence-electron chi connectivity index (χ4n) is 3.01. The highest BCUT2D eigenvalue weighted by atomic mass is 79.9. The third-order valence-corrected chi connectivity index (χ3v) is 5.07. The van der Waals surface area contributed by atoms with Crippen LogP contribution in [0, 0.1) is 5.41 Å². The number of aliphatic carboxylic acids is 1. The van der Waals surface area contributed by atoms with Crippen LogP contribution < -0.4 is 10.1 Å². The number of carboxylic acids is 1.